The lowest BCUT2D eigenvalue weighted by Crippen LogP contribution is -2.54. The van der Waals surface area contributed by atoms with Crippen LogP contribution in [0.5, 0.6) is 0 Å². The average Bonchev–Trinajstić information content (AvgIpc) is 3.04. The van der Waals surface area contributed by atoms with Crippen molar-refractivity contribution in [2.24, 2.45) is 0 Å². The SMILES string of the molecule is CC[C@H](C)NC(=O)[C@@H](Cc1ccccc1)N(Cc1ccccc1C)C(=O)CN(c1cccc(Cl)c1Cl)S(=O)(=O)c1ccccc1. The first kappa shape index (κ1) is 34.0. The third kappa shape index (κ3) is 8.45. The van der Waals surface area contributed by atoms with E-state index in [4.69, 9.17) is 23.2 Å². The molecule has 2 amide bonds. The molecule has 236 valence electrons. The Hall–Kier alpha value is -3.85. The molecule has 0 aromatic heterocycles. The lowest BCUT2D eigenvalue weighted by atomic mass is 10.0. The van der Waals surface area contributed by atoms with Crippen molar-refractivity contribution in [2.75, 3.05) is 10.8 Å². The van der Waals surface area contributed by atoms with E-state index in [2.05, 4.69) is 5.32 Å². The fourth-order valence-electron chi connectivity index (χ4n) is 4.88. The maximum atomic E-state index is 14.6. The number of nitrogens with zero attached hydrogens (tertiary/aromatic N) is 2. The van der Waals surface area contributed by atoms with Crippen molar-refractivity contribution in [3.8, 4) is 0 Å². The molecule has 10 heteroatoms. The first-order valence-electron chi connectivity index (χ1n) is 14.7. The number of carbonyl (C=O) groups excluding carboxylic acids is 2. The standard InChI is InChI=1S/C35H37Cl2N3O4S/c1-4-26(3)38-35(42)32(22-27-15-7-5-8-16-27)39(23-28-17-12-11-14-25(28)2)33(41)24-40(31-21-13-20-30(36)34(31)37)45(43,44)29-18-9-6-10-19-29/h5-21,26,32H,4,22-24H2,1-3H3,(H,38,42)/t26-,32+/m0/s1. The fraction of sp³-hybridized carbons (Fsp3) is 0.257. The Labute approximate surface area is 275 Å². The Morgan fingerprint density at radius 1 is 0.844 bits per heavy atom. The van der Waals surface area contributed by atoms with Crippen molar-refractivity contribution in [3.05, 3.63) is 130 Å². The van der Waals surface area contributed by atoms with Gasteiger partial charge in [0.1, 0.15) is 12.6 Å². The predicted octanol–water partition coefficient (Wildman–Crippen LogP) is 7.05. The second-order valence-corrected chi connectivity index (χ2v) is 13.5. The number of carbonyl (C=O) groups is 2. The molecule has 1 N–H and O–H groups in total. The van der Waals surface area contributed by atoms with Gasteiger partial charge in [-0.2, -0.15) is 0 Å². The molecular formula is C35H37Cl2N3O4S. The third-order valence-corrected chi connectivity index (χ3v) is 10.3. The Morgan fingerprint density at radius 2 is 1.47 bits per heavy atom. The molecule has 2 atom stereocenters. The van der Waals surface area contributed by atoms with Crippen molar-refractivity contribution < 1.29 is 18.0 Å². The van der Waals surface area contributed by atoms with Gasteiger partial charge in [0.05, 0.1) is 20.6 Å². The van der Waals surface area contributed by atoms with E-state index in [9.17, 15) is 18.0 Å². The molecule has 0 saturated heterocycles. The zero-order valence-corrected chi connectivity index (χ0v) is 27.8. The van der Waals surface area contributed by atoms with Crippen LogP contribution in [0.3, 0.4) is 0 Å². The van der Waals surface area contributed by atoms with Crippen LogP contribution in [0, 0.1) is 6.92 Å². The van der Waals surface area contributed by atoms with E-state index in [1.807, 2.05) is 75.4 Å². The van der Waals surface area contributed by atoms with Gasteiger partial charge in [-0.25, -0.2) is 8.42 Å². The van der Waals surface area contributed by atoms with Crippen LogP contribution in [-0.2, 0) is 32.6 Å². The highest BCUT2D eigenvalue weighted by Crippen LogP contribution is 2.35. The van der Waals surface area contributed by atoms with E-state index in [-0.39, 0.29) is 45.5 Å². The molecule has 0 heterocycles. The number of hydrogen-bond donors (Lipinski definition) is 1. The zero-order chi connectivity index (χ0) is 32.6. The molecular weight excluding hydrogens is 629 g/mol. The molecule has 4 rings (SSSR count). The molecule has 0 saturated carbocycles. The summed E-state index contributed by atoms with van der Waals surface area (Å²) < 4.78 is 29.2. The lowest BCUT2D eigenvalue weighted by Gasteiger charge is -2.34. The number of sulfonamides is 1. The number of benzene rings is 4. The van der Waals surface area contributed by atoms with Crippen LogP contribution in [0.2, 0.25) is 10.0 Å². The quantitative estimate of drug-likeness (QED) is 0.166. The fourth-order valence-corrected chi connectivity index (χ4v) is 6.78. The second kappa shape index (κ2) is 15.4. The van der Waals surface area contributed by atoms with Crippen LogP contribution >= 0.6 is 23.2 Å². The van der Waals surface area contributed by atoms with Crippen LogP contribution in [0.15, 0.2) is 108 Å². The van der Waals surface area contributed by atoms with Crippen molar-refractivity contribution in [3.63, 3.8) is 0 Å². The lowest BCUT2D eigenvalue weighted by molar-refractivity contribution is -0.140. The minimum absolute atomic E-state index is 0.00715. The van der Waals surface area contributed by atoms with Crippen LogP contribution in [-0.4, -0.2) is 43.8 Å². The van der Waals surface area contributed by atoms with E-state index < -0.39 is 28.5 Å². The molecule has 0 bridgehead atoms. The highest BCUT2D eigenvalue weighted by Gasteiger charge is 2.35. The number of aryl methyl sites for hydroxylation is 1. The number of anilines is 1. The summed E-state index contributed by atoms with van der Waals surface area (Å²) >= 11 is 12.9. The second-order valence-electron chi connectivity index (χ2n) is 10.9. The van der Waals surface area contributed by atoms with Crippen molar-refractivity contribution in [1.82, 2.24) is 10.2 Å². The van der Waals surface area contributed by atoms with E-state index in [1.165, 1.54) is 23.1 Å². The van der Waals surface area contributed by atoms with Crippen molar-refractivity contribution in [1.29, 1.82) is 0 Å². The number of nitrogens with one attached hydrogen (secondary N) is 1. The maximum absolute atomic E-state index is 14.6. The number of hydrogen-bond acceptors (Lipinski definition) is 4. The normalized spacial score (nSPS) is 12.6. The van der Waals surface area contributed by atoms with Crippen molar-refractivity contribution >= 4 is 50.7 Å². The van der Waals surface area contributed by atoms with Gasteiger partial charge >= 0.3 is 0 Å². The molecule has 0 radical (unpaired) electrons. The van der Waals surface area contributed by atoms with Gasteiger partial charge in [-0.1, -0.05) is 109 Å². The van der Waals surface area contributed by atoms with E-state index in [0.717, 1.165) is 21.0 Å². The summed E-state index contributed by atoms with van der Waals surface area (Å²) in [5.74, 6) is -0.901. The predicted molar refractivity (Wildman–Crippen MR) is 181 cm³/mol. The number of rotatable bonds is 13. The van der Waals surface area contributed by atoms with Gasteiger partial charge in [0.25, 0.3) is 10.0 Å². The smallest absolute Gasteiger partial charge is 0.264 e. The van der Waals surface area contributed by atoms with E-state index in [1.54, 1.807) is 30.3 Å². The number of amides is 2. The van der Waals surface area contributed by atoms with Gasteiger partial charge in [0, 0.05) is 19.0 Å². The summed E-state index contributed by atoms with van der Waals surface area (Å²) in [5, 5.41) is 3.17. The Kier molecular flexibility index (Phi) is 11.7. The molecule has 4 aromatic rings. The van der Waals surface area contributed by atoms with Gasteiger partial charge in [-0.3, -0.25) is 13.9 Å². The summed E-state index contributed by atoms with van der Waals surface area (Å²) in [4.78, 5) is 30.0. The number of halogens is 2. The molecule has 7 nitrogen and oxygen atoms in total. The first-order valence-corrected chi connectivity index (χ1v) is 16.9. The van der Waals surface area contributed by atoms with Gasteiger partial charge in [-0.15, -0.1) is 0 Å². The molecule has 0 unspecified atom stereocenters. The molecule has 0 fully saturated rings. The molecule has 0 aliphatic heterocycles. The summed E-state index contributed by atoms with van der Waals surface area (Å²) in [6.45, 7) is 5.26. The molecule has 0 spiro atoms. The van der Waals surface area contributed by atoms with Gasteiger partial charge in [0.2, 0.25) is 11.8 Å². The van der Waals surface area contributed by atoms with Gasteiger partial charge in [-0.05, 0) is 61.2 Å². The van der Waals surface area contributed by atoms with E-state index in [0.29, 0.717) is 6.42 Å². The summed E-state index contributed by atoms with van der Waals surface area (Å²) in [7, 11) is -4.29. The molecule has 0 aliphatic carbocycles. The maximum Gasteiger partial charge on any atom is 0.264 e. The highest BCUT2D eigenvalue weighted by atomic mass is 35.5. The molecule has 0 aliphatic rings. The zero-order valence-electron chi connectivity index (χ0n) is 25.5. The Balaban J connectivity index is 1.84. The van der Waals surface area contributed by atoms with Crippen molar-refractivity contribution in [2.45, 2.75) is 57.1 Å². The molecule has 4 aromatic carbocycles. The largest absolute Gasteiger partial charge is 0.352 e. The van der Waals surface area contributed by atoms with Crippen LogP contribution in [0.25, 0.3) is 0 Å². The summed E-state index contributed by atoms with van der Waals surface area (Å²) in [6.07, 6.45) is 0.927. The topological polar surface area (TPSA) is 86.8 Å². The van der Waals surface area contributed by atoms with Gasteiger partial charge in [0.15, 0.2) is 0 Å². The van der Waals surface area contributed by atoms with Gasteiger partial charge < -0.3 is 10.2 Å². The highest BCUT2D eigenvalue weighted by molar-refractivity contribution is 7.92. The van der Waals surface area contributed by atoms with Crippen LogP contribution in [0.1, 0.15) is 37.0 Å². The molecule has 45 heavy (non-hydrogen) atoms. The summed E-state index contributed by atoms with van der Waals surface area (Å²) in [5.41, 5.74) is 2.68. The van der Waals surface area contributed by atoms with Crippen LogP contribution < -0.4 is 9.62 Å². The minimum atomic E-state index is -4.29. The summed E-state index contributed by atoms with van der Waals surface area (Å²) in [6, 6.07) is 28.4. The first-order chi connectivity index (χ1) is 21.5. The Morgan fingerprint density at radius 3 is 2.11 bits per heavy atom. The average molecular weight is 667 g/mol. The van der Waals surface area contributed by atoms with E-state index >= 15 is 0 Å². The Bertz CT molecular complexity index is 1720. The minimum Gasteiger partial charge on any atom is -0.352 e. The monoisotopic (exact) mass is 665 g/mol. The third-order valence-electron chi connectivity index (χ3n) is 7.68. The van der Waals surface area contributed by atoms with Crippen LogP contribution in [0.4, 0.5) is 5.69 Å².